The van der Waals surface area contributed by atoms with E-state index in [4.69, 9.17) is 15.5 Å². The summed E-state index contributed by atoms with van der Waals surface area (Å²) in [4.78, 5) is 11.7. The average molecular weight is 323 g/mol. The molecule has 0 unspecified atom stereocenters. The number of hydrogen-bond acceptors (Lipinski definition) is 6. The van der Waals surface area contributed by atoms with Gasteiger partial charge < -0.3 is 10.5 Å². The summed E-state index contributed by atoms with van der Waals surface area (Å²) >= 11 is 3.41. The third-order valence-electron chi connectivity index (χ3n) is 3.59. The van der Waals surface area contributed by atoms with Crippen LogP contribution >= 0.6 is 23.1 Å². The quantitative estimate of drug-likeness (QED) is 0.517. The number of rotatable bonds is 5. The Bertz CT molecular complexity index is 639. The second-order valence-electron chi connectivity index (χ2n) is 5.55. The Kier molecular flexibility index (Phi) is 4.66. The summed E-state index contributed by atoms with van der Waals surface area (Å²) < 4.78 is 5.54. The summed E-state index contributed by atoms with van der Waals surface area (Å²) in [5, 5.41) is 1.88. The van der Waals surface area contributed by atoms with Crippen LogP contribution in [-0.2, 0) is 17.6 Å². The van der Waals surface area contributed by atoms with E-state index in [0.29, 0.717) is 12.4 Å². The molecule has 0 bridgehead atoms. The van der Waals surface area contributed by atoms with E-state index in [1.54, 1.807) is 23.1 Å². The normalized spacial score (nSPS) is 14.8. The summed E-state index contributed by atoms with van der Waals surface area (Å²) in [6.07, 6.45) is 5.09. The third kappa shape index (κ3) is 3.33. The van der Waals surface area contributed by atoms with Crippen molar-refractivity contribution < 1.29 is 4.74 Å². The van der Waals surface area contributed by atoms with Crippen molar-refractivity contribution in [2.75, 3.05) is 18.1 Å². The van der Waals surface area contributed by atoms with Gasteiger partial charge in [-0.1, -0.05) is 11.8 Å². The zero-order chi connectivity index (χ0) is 14.8. The maximum Gasteiger partial charge on any atom is 0.190 e. The van der Waals surface area contributed by atoms with Crippen molar-refractivity contribution in [3.05, 3.63) is 10.4 Å². The molecule has 2 N–H and O–H groups in total. The van der Waals surface area contributed by atoms with Gasteiger partial charge in [-0.25, -0.2) is 9.97 Å². The van der Waals surface area contributed by atoms with Gasteiger partial charge in [0.2, 0.25) is 0 Å². The number of nitrogen functional groups attached to an aromatic ring is 1. The third-order valence-corrected chi connectivity index (χ3v) is 5.59. The average Bonchev–Trinajstić information content (AvgIpc) is 2.82. The van der Waals surface area contributed by atoms with Gasteiger partial charge in [0, 0.05) is 10.6 Å². The van der Waals surface area contributed by atoms with Crippen molar-refractivity contribution in [1.82, 2.24) is 9.97 Å². The molecule has 6 heteroatoms. The summed E-state index contributed by atoms with van der Waals surface area (Å²) in [7, 11) is 0. The lowest BCUT2D eigenvalue weighted by Crippen LogP contribution is -2.06. The minimum absolute atomic E-state index is 0.267. The topological polar surface area (TPSA) is 61.0 Å². The highest BCUT2D eigenvalue weighted by atomic mass is 32.2. The van der Waals surface area contributed by atoms with E-state index in [0.717, 1.165) is 27.5 Å². The molecule has 0 fully saturated rings. The van der Waals surface area contributed by atoms with E-state index >= 15 is 0 Å². The molecule has 4 nitrogen and oxygen atoms in total. The van der Waals surface area contributed by atoms with Gasteiger partial charge in [-0.05, 0) is 45.1 Å². The van der Waals surface area contributed by atoms with Crippen molar-refractivity contribution in [1.29, 1.82) is 0 Å². The fourth-order valence-electron chi connectivity index (χ4n) is 2.65. The Morgan fingerprint density at radius 2 is 2.10 bits per heavy atom. The van der Waals surface area contributed by atoms with Crippen LogP contribution in [0.5, 0.6) is 0 Å². The molecule has 0 atom stereocenters. The molecule has 0 aliphatic heterocycles. The van der Waals surface area contributed by atoms with Crippen LogP contribution in [0.2, 0.25) is 0 Å². The Hall–Kier alpha value is -0.850. The number of aromatic nitrogens is 2. The fourth-order valence-corrected chi connectivity index (χ4v) is 4.65. The van der Waals surface area contributed by atoms with Crippen LogP contribution in [-0.4, -0.2) is 28.4 Å². The van der Waals surface area contributed by atoms with Crippen molar-refractivity contribution >= 4 is 39.1 Å². The second-order valence-corrected chi connectivity index (χ2v) is 7.70. The van der Waals surface area contributed by atoms with Gasteiger partial charge in [0.05, 0.1) is 18.1 Å². The van der Waals surface area contributed by atoms with Crippen molar-refractivity contribution in [2.24, 2.45) is 0 Å². The molecule has 1 aliphatic carbocycles. The molecule has 2 aromatic heterocycles. The molecule has 114 valence electrons. The number of ether oxygens (including phenoxy) is 1. The maximum absolute atomic E-state index is 6.19. The lowest BCUT2D eigenvalue weighted by Gasteiger charge is -2.10. The van der Waals surface area contributed by atoms with E-state index in [-0.39, 0.29) is 6.10 Å². The standard InChI is InChI=1S/C15H21N3OS2/c1-9(2)19-7-8-20-15-17-13(16)12-10-5-3-4-6-11(10)21-14(12)18-15/h9H,3-8H2,1-2H3,(H2,16,17,18). The molecule has 3 rings (SSSR count). The van der Waals surface area contributed by atoms with Crippen LogP contribution in [0.3, 0.4) is 0 Å². The van der Waals surface area contributed by atoms with Gasteiger partial charge >= 0.3 is 0 Å². The minimum atomic E-state index is 0.267. The van der Waals surface area contributed by atoms with Crippen LogP contribution in [0, 0.1) is 0 Å². The monoisotopic (exact) mass is 323 g/mol. The Balaban J connectivity index is 1.79. The maximum atomic E-state index is 6.19. The molecule has 0 aromatic carbocycles. The zero-order valence-corrected chi connectivity index (χ0v) is 14.1. The Labute approximate surface area is 133 Å². The van der Waals surface area contributed by atoms with Crippen LogP contribution in [0.4, 0.5) is 5.82 Å². The smallest absolute Gasteiger partial charge is 0.190 e. The number of fused-ring (bicyclic) bond motifs is 3. The highest BCUT2D eigenvalue weighted by Crippen LogP contribution is 2.38. The van der Waals surface area contributed by atoms with Gasteiger partial charge in [-0.15, -0.1) is 11.3 Å². The van der Waals surface area contributed by atoms with Gasteiger partial charge in [-0.2, -0.15) is 0 Å². The lowest BCUT2D eigenvalue weighted by molar-refractivity contribution is 0.0920. The summed E-state index contributed by atoms with van der Waals surface area (Å²) in [5.41, 5.74) is 7.59. The summed E-state index contributed by atoms with van der Waals surface area (Å²) in [6.45, 7) is 4.80. The molecule has 2 heterocycles. The van der Waals surface area contributed by atoms with Gasteiger partial charge in [0.1, 0.15) is 10.6 Å². The molecule has 0 saturated heterocycles. The minimum Gasteiger partial charge on any atom is -0.383 e. The first-order chi connectivity index (χ1) is 10.1. The number of thiophene rings is 1. The lowest BCUT2D eigenvalue weighted by atomic mass is 9.97. The fraction of sp³-hybridized carbons (Fsp3) is 0.600. The molecule has 0 spiro atoms. The van der Waals surface area contributed by atoms with Crippen LogP contribution < -0.4 is 5.73 Å². The zero-order valence-electron chi connectivity index (χ0n) is 12.5. The second kappa shape index (κ2) is 6.50. The van der Waals surface area contributed by atoms with Crippen LogP contribution in [0.1, 0.15) is 37.1 Å². The molecule has 21 heavy (non-hydrogen) atoms. The predicted molar refractivity (Wildman–Crippen MR) is 90.3 cm³/mol. The molecule has 0 radical (unpaired) electrons. The van der Waals surface area contributed by atoms with Crippen molar-refractivity contribution in [3.8, 4) is 0 Å². The molecule has 2 aromatic rings. The summed E-state index contributed by atoms with van der Waals surface area (Å²) in [6, 6.07) is 0. The number of nitrogens with two attached hydrogens (primary N) is 1. The first kappa shape index (κ1) is 15.1. The first-order valence-electron chi connectivity index (χ1n) is 7.47. The van der Waals surface area contributed by atoms with E-state index in [1.165, 1.54) is 29.7 Å². The van der Waals surface area contributed by atoms with Crippen LogP contribution in [0.15, 0.2) is 5.16 Å². The predicted octanol–water partition coefficient (Wildman–Crippen LogP) is 3.67. The van der Waals surface area contributed by atoms with Gasteiger partial charge in [0.15, 0.2) is 5.16 Å². The molecule has 0 amide bonds. The van der Waals surface area contributed by atoms with E-state index in [1.807, 2.05) is 13.8 Å². The first-order valence-corrected chi connectivity index (χ1v) is 9.27. The van der Waals surface area contributed by atoms with E-state index < -0.39 is 0 Å². The van der Waals surface area contributed by atoms with Gasteiger partial charge in [-0.3, -0.25) is 0 Å². The molecular formula is C15H21N3OS2. The molecular weight excluding hydrogens is 302 g/mol. The van der Waals surface area contributed by atoms with E-state index in [2.05, 4.69) is 4.98 Å². The highest BCUT2D eigenvalue weighted by molar-refractivity contribution is 7.99. The number of anilines is 1. The largest absolute Gasteiger partial charge is 0.383 e. The SMILES string of the molecule is CC(C)OCCSc1nc(N)c2c3c(sc2n1)CCCC3. The van der Waals surface area contributed by atoms with Crippen LogP contribution in [0.25, 0.3) is 10.2 Å². The van der Waals surface area contributed by atoms with Crippen molar-refractivity contribution in [3.63, 3.8) is 0 Å². The Morgan fingerprint density at radius 1 is 1.29 bits per heavy atom. The highest BCUT2D eigenvalue weighted by Gasteiger charge is 2.20. The molecule has 1 aliphatic rings. The van der Waals surface area contributed by atoms with Crippen molar-refractivity contribution in [2.45, 2.75) is 50.8 Å². The number of aryl methyl sites for hydroxylation is 2. The number of nitrogens with zero attached hydrogens (tertiary/aromatic N) is 2. The summed E-state index contributed by atoms with van der Waals surface area (Å²) in [5.74, 6) is 1.50. The molecule has 0 saturated carbocycles. The Morgan fingerprint density at radius 3 is 2.90 bits per heavy atom. The number of thioether (sulfide) groups is 1. The van der Waals surface area contributed by atoms with E-state index in [9.17, 15) is 0 Å². The number of hydrogen-bond donors (Lipinski definition) is 1. The van der Waals surface area contributed by atoms with Gasteiger partial charge in [0.25, 0.3) is 0 Å².